The maximum Gasteiger partial charge on any atom is 0.337 e. The van der Waals surface area contributed by atoms with E-state index in [1.165, 1.54) is 0 Å². The summed E-state index contributed by atoms with van der Waals surface area (Å²) in [6, 6.07) is 13.1. The Morgan fingerprint density at radius 2 is 0.897 bits per heavy atom. The lowest BCUT2D eigenvalue weighted by molar-refractivity contribution is -0.123. The largest absolute Gasteiger partial charge is 0.337 e. The van der Waals surface area contributed by atoms with Gasteiger partial charge in [-0.3, -0.25) is 20.4 Å². The van der Waals surface area contributed by atoms with Gasteiger partial charge >= 0.3 is 12.1 Å². The van der Waals surface area contributed by atoms with Crippen LogP contribution in [0.25, 0.3) is 11.1 Å². The molecule has 4 bridgehead atoms. The third kappa shape index (κ3) is 5.96. The number of hydrazine groups is 2. The zero-order chi connectivity index (χ0) is 20.6. The van der Waals surface area contributed by atoms with Gasteiger partial charge in [0.2, 0.25) is 11.8 Å². The van der Waals surface area contributed by atoms with E-state index in [-0.39, 0.29) is 19.3 Å². The number of benzene rings is 2. The van der Waals surface area contributed by atoms with Crippen LogP contribution in [0.15, 0.2) is 48.5 Å². The topological polar surface area (TPSA) is 140 Å². The average molecular weight is 396 g/mol. The van der Waals surface area contributed by atoms with Gasteiger partial charge in [0.1, 0.15) is 0 Å². The molecule has 10 heteroatoms. The van der Waals surface area contributed by atoms with E-state index >= 15 is 0 Å². The molecule has 0 saturated heterocycles. The normalized spacial score (nSPS) is 15.7. The van der Waals surface area contributed by atoms with Gasteiger partial charge in [0.25, 0.3) is 0 Å². The smallest absolute Gasteiger partial charge is 0.307 e. The molecule has 150 valence electrons. The number of hydrogen-bond donors (Lipinski definition) is 6. The highest BCUT2D eigenvalue weighted by atomic mass is 16.2. The molecule has 0 aliphatic carbocycles. The second kappa shape index (κ2) is 9.22. The highest BCUT2D eigenvalue weighted by Crippen LogP contribution is 2.23. The lowest BCUT2D eigenvalue weighted by Gasteiger charge is -2.10. The summed E-state index contributed by atoms with van der Waals surface area (Å²) in [7, 11) is 0. The van der Waals surface area contributed by atoms with Crippen LogP contribution in [0.2, 0.25) is 0 Å². The van der Waals surface area contributed by atoms with Gasteiger partial charge in [-0.15, -0.1) is 0 Å². The van der Waals surface area contributed by atoms with E-state index in [0.29, 0.717) is 11.4 Å². The van der Waals surface area contributed by atoms with Crippen molar-refractivity contribution in [1.82, 2.24) is 21.7 Å². The summed E-state index contributed by atoms with van der Waals surface area (Å²) in [4.78, 5) is 47.2. The number of carbonyl (C=O) groups is 4. The van der Waals surface area contributed by atoms with Gasteiger partial charge in [-0.05, 0) is 41.8 Å². The van der Waals surface area contributed by atoms with E-state index in [2.05, 4.69) is 32.3 Å². The Morgan fingerprint density at radius 3 is 1.28 bits per heavy atom. The number of nitrogens with one attached hydrogen (secondary N) is 6. The van der Waals surface area contributed by atoms with Crippen molar-refractivity contribution in [1.29, 1.82) is 0 Å². The molecule has 3 aliphatic rings. The molecule has 0 atom stereocenters. The summed E-state index contributed by atoms with van der Waals surface area (Å²) < 4.78 is 0. The van der Waals surface area contributed by atoms with E-state index < -0.39 is 23.9 Å². The summed E-state index contributed by atoms with van der Waals surface area (Å²) >= 11 is 0. The summed E-state index contributed by atoms with van der Waals surface area (Å²) in [5.74, 6) is -0.886. The Labute approximate surface area is 166 Å². The lowest BCUT2D eigenvalue weighted by atomic mass is 10.1. The monoisotopic (exact) mass is 396 g/mol. The number of rotatable bonds is 0. The van der Waals surface area contributed by atoms with E-state index in [1.54, 1.807) is 24.3 Å². The number of fused-ring (bicyclic) bond motifs is 2. The van der Waals surface area contributed by atoms with Crippen LogP contribution < -0.4 is 32.3 Å². The van der Waals surface area contributed by atoms with Crippen molar-refractivity contribution in [2.75, 3.05) is 10.6 Å². The fraction of sp³-hybridized carbons (Fsp3) is 0.158. The molecule has 6 amide bonds. The molecule has 3 aliphatic heterocycles. The minimum absolute atomic E-state index is 0.0285. The summed E-state index contributed by atoms with van der Waals surface area (Å²) in [6.07, 6.45) is 0.300. The number of anilines is 2. The molecule has 0 saturated carbocycles. The summed E-state index contributed by atoms with van der Waals surface area (Å²) in [5.41, 5.74) is 12.0. The van der Waals surface area contributed by atoms with Crippen LogP contribution in [-0.4, -0.2) is 23.9 Å². The Morgan fingerprint density at radius 1 is 0.517 bits per heavy atom. The van der Waals surface area contributed by atoms with Crippen molar-refractivity contribution < 1.29 is 19.2 Å². The van der Waals surface area contributed by atoms with Gasteiger partial charge in [0.15, 0.2) is 0 Å². The fourth-order valence-corrected chi connectivity index (χ4v) is 2.60. The SMILES string of the molecule is O=C1CCCC(=O)NNC(=O)Nc2ccc(cc2)-c2ccc(cc2)NC(=O)NN1. The molecule has 29 heavy (non-hydrogen) atoms. The molecule has 3 heterocycles. The third-order valence-electron chi connectivity index (χ3n) is 4.06. The molecule has 5 rings (SSSR count). The van der Waals surface area contributed by atoms with Crippen LogP contribution >= 0.6 is 0 Å². The minimum atomic E-state index is -0.590. The zero-order valence-electron chi connectivity index (χ0n) is 15.4. The van der Waals surface area contributed by atoms with Gasteiger partial charge in [0, 0.05) is 24.2 Å². The quantitative estimate of drug-likeness (QED) is 0.404. The number of amides is 6. The molecular formula is C19H20N6O4. The fourth-order valence-electron chi connectivity index (χ4n) is 2.60. The van der Waals surface area contributed by atoms with Gasteiger partial charge in [0.05, 0.1) is 0 Å². The van der Waals surface area contributed by atoms with Gasteiger partial charge in [-0.25, -0.2) is 20.4 Å². The first kappa shape index (κ1) is 19.7. The van der Waals surface area contributed by atoms with Crippen LogP contribution in [0, 0.1) is 0 Å². The average Bonchev–Trinajstić information content (AvgIpc) is 2.71. The number of urea groups is 2. The Bertz CT molecular complexity index is 836. The molecule has 0 aromatic heterocycles. The van der Waals surface area contributed by atoms with Crippen molar-refractivity contribution in [3.05, 3.63) is 48.5 Å². The first-order valence-electron chi connectivity index (χ1n) is 8.92. The molecular weight excluding hydrogens is 376 g/mol. The predicted octanol–water partition coefficient (Wildman–Crippen LogP) is 1.84. The Hall–Kier alpha value is -4.08. The second-order valence-electron chi connectivity index (χ2n) is 6.26. The minimum Gasteiger partial charge on any atom is -0.307 e. The van der Waals surface area contributed by atoms with Crippen molar-refractivity contribution >= 4 is 35.3 Å². The van der Waals surface area contributed by atoms with Crippen molar-refractivity contribution in [2.45, 2.75) is 19.3 Å². The third-order valence-corrected chi connectivity index (χ3v) is 4.06. The van der Waals surface area contributed by atoms with Crippen LogP contribution in [0.1, 0.15) is 19.3 Å². The molecule has 0 radical (unpaired) electrons. The summed E-state index contributed by atoms with van der Waals surface area (Å²) in [6.45, 7) is 0. The molecule has 2 aromatic rings. The second-order valence-corrected chi connectivity index (χ2v) is 6.26. The highest BCUT2D eigenvalue weighted by Gasteiger charge is 2.09. The van der Waals surface area contributed by atoms with Crippen LogP contribution in [0.4, 0.5) is 21.0 Å². The Balaban J connectivity index is 1.75. The lowest BCUT2D eigenvalue weighted by Crippen LogP contribution is -2.44. The van der Waals surface area contributed by atoms with E-state index in [9.17, 15) is 19.2 Å². The number of hydrogen-bond acceptors (Lipinski definition) is 4. The van der Waals surface area contributed by atoms with E-state index in [0.717, 1.165) is 11.1 Å². The maximum absolute atomic E-state index is 11.9. The Kier molecular flexibility index (Phi) is 6.25. The van der Waals surface area contributed by atoms with E-state index in [1.807, 2.05) is 24.3 Å². The van der Waals surface area contributed by atoms with Crippen molar-refractivity contribution in [3.8, 4) is 11.1 Å². The van der Waals surface area contributed by atoms with Crippen LogP contribution in [0.5, 0.6) is 0 Å². The standard InChI is InChI=1S/C19H20N6O4/c26-16-2-1-3-17(27)23-25-19(29)21-15-10-6-13(7-11-15)12-4-8-14(9-5-12)20-18(28)24-22-16/h4-11H,1-3H2,(H,22,26)(H,23,27)(H2,20,24,28)(H2,21,25,29). The van der Waals surface area contributed by atoms with Crippen molar-refractivity contribution in [2.24, 2.45) is 0 Å². The van der Waals surface area contributed by atoms with E-state index in [4.69, 9.17) is 0 Å². The highest BCUT2D eigenvalue weighted by molar-refractivity contribution is 5.92. The van der Waals surface area contributed by atoms with Crippen LogP contribution in [-0.2, 0) is 9.59 Å². The molecule has 0 unspecified atom stereocenters. The molecule has 0 spiro atoms. The van der Waals surface area contributed by atoms with Crippen molar-refractivity contribution in [3.63, 3.8) is 0 Å². The molecule has 6 N–H and O–H groups in total. The summed E-state index contributed by atoms with van der Waals surface area (Å²) in [5, 5.41) is 5.21. The van der Waals surface area contributed by atoms with Gasteiger partial charge in [-0.2, -0.15) is 0 Å². The first-order valence-corrected chi connectivity index (χ1v) is 8.92. The van der Waals surface area contributed by atoms with Gasteiger partial charge in [-0.1, -0.05) is 24.3 Å². The zero-order valence-corrected chi connectivity index (χ0v) is 15.4. The molecule has 0 fully saturated rings. The maximum atomic E-state index is 11.9. The number of carbonyl (C=O) groups excluding carboxylic acids is 4. The molecule has 10 nitrogen and oxygen atoms in total. The van der Waals surface area contributed by atoms with Crippen LogP contribution in [0.3, 0.4) is 0 Å². The first-order chi connectivity index (χ1) is 14.0. The predicted molar refractivity (Wildman–Crippen MR) is 106 cm³/mol. The molecule has 2 aromatic carbocycles. The van der Waals surface area contributed by atoms with Gasteiger partial charge < -0.3 is 10.6 Å².